The highest BCUT2D eigenvalue weighted by atomic mass is 35.5. The Labute approximate surface area is 133 Å². The van der Waals surface area contributed by atoms with E-state index in [0.29, 0.717) is 21.9 Å². The van der Waals surface area contributed by atoms with Gasteiger partial charge in [0.25, 0.3) is 0 Å². The molecule has 0 atom stereocenters. The Bertz CT molecular complexity index is 751. The van der Waals surface area contributed by atoms with E-state index >= 15 is 0 Å². The third-order valence-corrected chi connectivity index (χ3v) is 3.58. The molecule has 0 aliphatic carbocycles. The number of aryl methyl sites for hydroxylation is 1. The van der Waals surface area contributed by atoms with Crippen LogP contribution in [0.3, 0.4) is 0 Å². The van der Waals surface area contributed by atoms with Gasteiger partial charge in [-0.25, -0.2) is 0 Å². The molecule has 5 heteroatoms. The number of halogens is 1. The first-order chi connectivity index (χ1) is 10.4. The van der Waals surface area contributed by atoms with Crippen LogP contribution in [0, 0.1) is 6.92 Å². The maximum Gasteiger partial charge on any atom is 0.189 e. The SMILES string of the molecule is COc1cc(/C=C/C(=O)c2cc(Cl)c(C)cc2O)ccc1O. The molecule has 0 fully saturated rings. The van der Waals surface area contributed by atoms with Crippen LogP contribution < -0.4 is 4.74 Å². The highest BCUT2D eigenvalue weighted by Crippen LogP contribution is 2.28. The van der Waals surface area contributed by atoms with Crippen LogP contribution in [-0.2, 0) is 0 Å². The second-order valence-corrected chi connectivity index (χ2v) is 5.15. The van der Waals surface area contributed by atoms with Crippen molar-refractivity contribution in [1.82, 2.24) is 0 Å². The molecule has 0 saturated heterocycles. The first-order valence-electron chi connectivity index (χ1n) is 6.51. The summed E-state index contributed by atoms with van der Waals surface area (Å²) in [6, 6.07) is 7.61. The molecule has 2 aromatic rings. The molecule has 0 unspecified atom stereocenters. The molecule has 0 amide bonds. The number of phenols is 2. The minimum absolute atomic E-state index is 0.0222. The molecule has 2 aromatic carbocycles. The Morgan fingerprint density at radius 2 is 1.91 bits per heavy atom. The van der Waals surface area contributed by atoms with Crippen molar-refractivity contribution in [2.45, 2.75) is 6.92 Å². The summed E-state index contributed by atoms with van der Waals surface area (Å²) in [5.74, 6) is -0.143. The Hall–Kier alpha value is -2.46. The van der Waals surface area contributed by atoms with Crippen LogP contribution in [-0.4, -0.2) is 23.1 Å². The number of carbonyl (C=O) groups excluding carboxylic acids is 1. The molecule has 22 heavy (non-hydrogen) atoms. The van der Waals surface area contributed by atoms with E-state index in [1.54, 1.807) is 25.1 Å². The number of aromatic hydroxyl groups is 2. The number of hydrogen-bond acceptors (Lipinski definition) is 4. The van der Waals surface area contributed by atoms with Crippen molar-refractivity contribution in [3.8, 4) is 17.2 Å². The minimum Gasteiger partial charge on any atom is -0.507 e. The van der Waals surface area contributed by atoms with Gasteiger partial charge < -0.3 is 14.9 Å². The molecule has 0 bridgehead atoms. The van der Waals surface area contributed by atoms with Crippen molar-refractivity contribution in [2.24, 2.45) is 0 Å². The normalized spacial score (nSPS) is 10.9. The third kappa shape index (κ3) is 3.40. The van der Waals surface area contributed by atoms with E-state index in [0.717, 1.165) is 0 Å². The summed E-state index contributed by atoms with van der Waals surface area (Å²) in [7, 11) is 1.44. The van der Waals surface area contributed by atoms with E-state index in [4.69, 9.17) is 16.3 Å². The lowest BCUT2D eigenvalue weighted by molar-refractivity contribution is 0.104. The van der Waals surface area contributed by atoms with Crippen LogP contribution in [0.5, 0.6) is 17.2 Å². The highest BCUT2D eigenvalue weighted by molar-refractivity contribution is 6.32. The van der Waals surface area contributed by atoms with Gasteiger partial charge in [-0.1, -0.05) is 23.7 Å². The van der Waals surface area contributed by atoms with Gasteiger partial charge in [0.05, 0.1) is 12.7 Å². The fraction of sp³-hybridized carbons (Fsp3) is 0.118. The van der Waals surface area contributed by atoms with Gasteiger partial charge in [-0.15, -0.1) is 0 Å². The molecule has 0 aliphatic rings. The van der Waals surface area contributed by atoms with Gasteiger partial charge in [-0.05, 0) is 48.4 Å². The topological polar surface area (TPSA) is 66.8 Å². The van der Waals surface area contributed by atoms with Crippen molar-refractivity contribution in [3.63, 3.8) is 0 Å². The Morgan fingerprint density at radius 1 is 1.18 bits per heavy atom. The number of phenolic OH excluding ortho intramolecular Hbond substituents is 2. The van der Waals surface area contributed by atoms with Gasteiger partial charge >= 0.3 is 0 Å². The highest BCUT2D eigenvalue weighted by Gasteiger charge is 2.11. The zero-order valence-electron chi connectivity index (χ0n) is 12.1. The molecule has 0 radical (unpaired) electrons. The first-order valence-corrected chi connectivity index (χ1v) is 6.88. The first kappa shape index (κ1) is 15.9. The number of ether oxygens (including phenoxy) is 1. The molecular weight excluding hydrogens is 304 g/mol. The molecule has 0 aromatic heterocycles. The smallest absolute Gasteiger partial charge is 0.189 e. The zero-order valence-corrected chi connectivity index (χ0v) is 12.9. The number of benzene rings is 2. The fourth-order valence-electron chi connectivity index (χ4n) is 1.92. The van der Waals surface area contributed by atoms with Crippen LogP contribution in [0.15, 0.2) is 36.4 Å². The predicted octanol–water partition coefficient (Wildman–Crippen LogP) is 3.96. The number of hydrogen-bond donors (Lipinski definition) is 2. The van der Waals surface area contributed by atoms with Crippen LogP contribution in [0.1, 0.15) is 21.5 Å². The van der Waals surface area contributed by atoms with Gasteiger partial charge in [-0.3, -0.25) is 4.79 Å². The summed E-state index contributed by atoms with van der Waals surface area (Å²) in [4.78, 5) is 12.1. The number of ketones is 1. The maximum absolute atomic E-state index is 12.1. The quantitative estimate of drug-likeness (QED) is 0.661. The lowest BCUT2D eigenvalue weighted by Gasteiger charge is -2.05. The average molecular weight is 319 g/mol. The molecule has 0 spiro atoms. The minimum atomic E-state index is -0.369. The Kier molecular flexibility index (Phi) is 4.73. The van der Waals surface area contributed by atoms with Gasteiger partial charge in [0.15, 0.2) is 17.3 Å². The Balaban J connectivity index is 2.27. The van der Waals surface area contributed by atoms with Crippen molar-refractivity contribution < 1.29 is 19.7 Å². The van der Waals surface area contributed by atoms with Gasteiger partial charge in [0.1, 0.15) is 5.75 Å². The number of carbonyl (C=O) groups is 1. The second-order valence-electron chi connectivity index (χ2n) is 4.75. The summed E-state index contributed by atoms with van der Waals surface area (Å²) in [5, 5.41) is 19.8. The fourth-order valence-corrected chi connectivity index (χ4v) is 2.09. The van der Waals surface area contributed by atoms with E-state index in [9.17, 15) is 15.0 Å². The van der Waals surface area contributed by atoms with Crippen LogP contribution in [0.25, 0.3) is 6.08 Å². The number of methoxy groups -OCH3 is 1. The average Bonchev–Trinajstić information content (AvgIpc) is 2.49. The summed E-state index contributed by atoms with van der Waals surface area (Å²) < 4.78 is 5.00. The van der Waals surface area contributed by atoms with Gasteiger partial charge in [0, 0.05) is 5.02 Å². The van der Waals surface area contributed by atoms with Crippen molar-refractivity contribution in [2.75, 3.05) is 7.11 Å². The van der Waals surface area contributed by atoms with E-state index in [1.165, 1.54) is 31.4 Å². The molecule has 114 valence electrons. The molecule has 0 heterocycles. The van der Waals surface area contributed by atoms with Crippen LogP contribution >= 0.6 is 11.6 Å². The van der Waals surface area contributed by atoms with Crippen LogP contribution in [0.4, 0.5) is 0 Å². The summed E-state index contributed by atoms with van der Waals surface area (Å²) >= 11 is 5.97. The van der Waals surface area contributed by atoms with Crippen LogP contribution in [0.2, 0.25) is 5.02 Å². The molecule has 2 rings (SSSR count). The number of rotatable bonds is 4. The van der Waals surface area contributed by atoms with E-state index in [2.05, 4.69) is 0 Å². The molecule has 4 nitrogen and oxygen atoms in total. The van der Waals surface area contributed by atoms with Crippen molar-refractivity contribution in [3.05, 3.63) is 58.1 Å². The predicted molar refractivity (Wildman–Crippen MR) is 85.9 cm³/mol. The second kappa shape index (κ2) is 6.54. The van der Waals surface area contributed by atoms with E-state index in [-0.39, 0.29) is 22.8 Å². The van der Waals surface area contributed by atoms with E-state index in [1.807, 2.05) is 0 Å². The summed E-state index contributed by atoms with van der Waals surface area (Å²) in [6.45, 7) is 1.74. The molecule has 0 saturated carbocycles. The molecular formula is C17H15ClO4. The molecule has 2 N–H and O–H groups in total. The maximum atomic E-state index is 12.1. The van der Waals surface area contributed by atoms with Crippen molar-refractivity contribution >= 4 is 23.5 Å². The lowest BCUT2D eigenvalue weighted by atomic mass is 10.1. The van der Waals surface area contributed by atoms with Crippen molar-refractivity contribution in [1.29, 1.82) is 0 Å². The summed E-state index contributed by atoms with van der Waals surface area (Å²) in [5.41, 5.74) is 1.52. The largest absolute Gasteiger partial charge is 0.507 e. The summed E-state index contributed by atoms with van der Waals surface area (Å²) in [6.07, 6.45) is 2.89. The lowest BCUT2D eigenvalue weighted by Crippen LogP contribution is -1.96. The van der Waals surface area contributed by atoms with E-state index < -0.39 is 0 Å². The standard InChI is InChI=1S/C17H15ClO4/c1-10-7-16(21)12(9-13(10)18)14(19)5-3-11-4-6-15(20)17(8-11)22-2/h3-9,20-21H,1-2H3/b5-3+. The third-order valence-electron chi connectivity index (χ3n) is 3.17. The zero-order chi connectivity index (χ0) is 16.3. The monoisotopic (exact) mass is 318 g/mol. The number of allylic oxidation sites excluding steroid dienone is 1. The van der Waals surface area contributed by atoms with Gasteiger partial charge in [-0.2, -0.15) is 0 Å². The molecule has 0 aliphatic heterocycles. The van der Waals surface area contributed by atoms with Gasteiger partial charge in [0.2, 0.25) is 0 Å². The Morgan fingerprint density at radius 3 is 2.59 bits per heavy atom.